The fourth-order valence-corrected chi connectivity index (χ4v) is 0.967. The van der Waals surface area contributed by atoms with Crippen LogP contribution in [0, 0.1) is 0 Å². The summed E-state index contributed by atoms with van der Waals surface area (Å²) >= 11 is 0. The van der Waals surface area contributed by atoms with Gasteiger partial charge in [-0.15, -0.1) is 0 Å². The minimum Gasteiger partial charge on any atom is -0.307 e. The van der Waals surface area contributed by atoms with Gasteiger partial charge in [0.2, 0.25) is 0 Å². The summed E-state index contributed by atoms with van der Waals surface area (Å²) < 4.78 is 0. The van der Waals surface area contributed by atoms with Crippen LogP contribution in [0.1, 0.15) is 6.42 Å². The highest BCUT2D eigenvalue weighted by Gasteiger charge is 2.28. The van der Waals surface area contributed by atoms with Crippen LogP contribution < -0.4 is 5.32 Å². The lowest BCUT2D eigenvalue weighted by molar-refractivity contribution is 0.800. The molecule has 1 fully saturated rings. The summed E-state index contributed by atoms with van der Waals surface area (Å²) in [6.07, 6.45) is 3.59. The summed E-state index contributed by atoms with van der Waals surface area (Å²) in [5.41, 5.74) is 1.63. The summed E-state index contributed by atoms with van der Waals surface area (Å²) in [5.74, 6) is 0. The SMILES string of the molecule is C1=C2CCNC12. The Morgan fingerprint density at radius 2 is 2.83 bits per heavy atom. The number of rotatable bonds is 0. The van der Waals surface area contributed by atoms with E-state index in [-0.39, 0.29) is 0 Å². The van der Waals surface area contributed by atoms with E-state index >= 15 is 0 Å². The van der Waals surface area contributed by atoms with E-state index in [9.17, 15) is 0 Å². The first-order valence-electron chi connectivity index (χ1n) is 2.41. The van der Waals surface area contributed by atoms with E-state index < -0.39 is 0 Å². The summed E-state index contributed by atoms with van der Waals surface area (Å²) in [6, 6.07) is 0.755. The van der Waals surface area contributed by atoms with Crippen molar-refractivity contribution in [3.05, 3.63) is 11.6 Å². The standard InChI is InChI=1S/C5H7N/c1-2-6-5-3-4(1)5/h3,5-6H,1-2H2. The first-order valence-corrected chi connectivity index (χ1v) is 2.41. The average Bonchev–Trinajstić information content (AvgIpc) is 2.17. The third kappa shape index (κ3) is 0.197. The second-order valence-electron chi connectivity index (χ2n) is 1.92. The van der Waals surface area contributed by atoms with Crippen LogP contribution in [0.4, 0.5) is 0 Å². The summed E-state index contributed by atoms with van der Waals surface area (Å²) in [5, 5.41) is 3.30. The normalized spacial score (nSPS) is 38.7. The van der Waals surface area contributed by atoms with Crippen molar-refractivity contribution >= 4 is 0 Å². The zero-order valence-electron chi connectivity index (χ0n) is 3.57. The van der Waals surface area contributed by atoms with Gasteiger partial charge in [-0.2, -0.15) is 0 Å². The van der Waals surface area contributed by atoms with Crippen molar-refractivity contribution in [2.75, 3.05) is 6.54 Å². The molecule has 0 aromatic rings. The van der Waals surface area contributed by atoms with Crippen molar-refractivity contribution in [1.29, 1.82) is 0 Å². The maximum Gasteiger partial charge on any atom is 0.0470 e. The van der Waals surface area contributed by atoms with Crippen molar-refractivity contribution in [2.45, 2.75) is 12.5 Å². The lowest BCUT2D eigenvalue weighted by Crippen LogP contribution is -2.10. The van der Waals surface area contributed by atoms with E-state index in [1.165, 1.54) is 13.0 Å². The topological polar surface area (TPSA) is 12.0 Å². The Bertz CT molecular complexity index is 105. The molecule has 1 atom stereocenters. The van der Waals surface area contributed by atoms with Crippen LogP contribution in [0.3, 0.4) is 0 Å². The molecule has 6 heavy (non-hydrogen) atoms. The monoisotopic (exact) mass is 81.1 g/mol. The lowest BCUT2D eigenvalue weighted by atomic mass is 10.4. The molecule has 0 spiro atoms. The van der Waals surface area contributed by atoms with Gasteiger partial charge in [-0.3, -0.25) is 0 Å². The molecule has 1 saturated heterocycles. The summed E-state index contributed by atoms with van der Waals surface area (Å²) in [6.45, 7) is 1.22. The molecule has 1 heteroatoms. The number of hydrogen-bond acceptors (Lipinski definition) is 1. The smallest absolute Gasteiger partial charge is 0.0470 e. The molecule has 1 N–H and O–H groups in total. The molecule has 32 valence electrons. The average molecular weight is 81.1 g/mol. The van der Waals surface area contributed by atoms with E-state index in [2.05, 4.69) is 11.4 Å². The van der Waals surface area contributed by atoms with Crippen LogP contribution >= 0.6 is 0 Å². The predicted octanol–water partition coefficient (Wildman–Crippen LogP) is 0.288. The van der Waals surface area contributed by atoms with Crippen LogP contribution in [0.15, 0.2) is 11.6 Å². The Balaban J connectivity index is 2.22. The molecule has 1 aliphatic heterocycles. The van der Waals surface area contributed by atoms with Gasteiger partial charge in [-0.05, 0) is 13.0 Å². The molecule has 1 heterocycles. The van der Waals surface area contributed by atoms with Gasteiger partial charge in [-0.25, -0.2) is 0 Å². The third-order valence-electron chi connectivity index (χ3n) is 1.45. The van der Waals surface area contributed by atoms with E-state index in [0.717, 1.165) is 6.04 Å². The van der Waals surface area contributed by atoms with Crippen LogP contribution in [0.5, 0.6) is 0 Å². The highest BCUT2D eigenvalue weighted by Crippen LogP contribution is 2.27. The highest BCUT2D eigenvalue weighted by atomic mass is 15.0. The van der Waals surface area contributed by atoms with Crippen LogP contribution in [0.25, 0.3) is 0 Å². The van der Waals surface area contributed by atoms with Crippen LogP contribution in [0.2, 0.25) is 0 Å². The third-order valence-corrected chi connectivity index (χ3v) is 1.45. The maximum absolute atomic E-state index is 3.30. The second kappa shape index (κ2) is 0.684. The Kier molecular flexibility index (Phi) is 0.320. The molecule has 2 aliphatic rings. The van der Waals surface area contributed by atoms with Crippen molar-refractivity contribution < 1.29 is 0 Å². The van der Waals surface area contributed by atoms with E-state index in [4.69, 9.17) is 0 Å². The molecule has 0 radical (unpaired) electrons. The van der Waals surface area contributed by atoms with Crippen molar-refractivity contribution in [2.24, 2.45) is 0 Å². The molecule has 0 saturated carbocycles. The molecule has 1 unspecified atom stereocenters. The molecule has 0 aromatic heterocycles. The predicted molar refractivity (Wildman–Crippen MR) is 24.5 cm³/mol. The van der Waals surface area contributed by atoms with Gasteiger partial charge in [0, 0.05) is 6.04 Å². The Morgan fingerprint density at radius 3 is 3.00 bits per heavy atom. The minimum absolute atomic E-state index is 0.755. The number of nitrogens with one attached hydrogen (secondary N) is 1. The van der Waals surface area contributed by atoms with Crippen LogP contribution in [-0.2, 0) is 0 Å². The zero-order valence-corrected chi connectivity index (χ0v) is 3.57. The molecule has 2 rings (SSSR count). The summed E-state index contributed by atoms with van der Waals surface area (Å²) in [4.78, 5) is 0. The minimum atomic E-state index is 0.755. The van der Waals surface area contributed by atoms with E-state index in [1.54, 1.807) is 5.57 Å². The Labute approximate surface area is 37.0 Å². The second-order valence-corrected chi connectivity index (χ2v) is 1.92. The Hall–Kier alpha value is -0.300. The van der Waals surface area contributed by atoms with Crippen molar-refractivity contribution in [3.8, 4) is 0 Å². The van der Waals surface area contributed by atoms with Crippen LogP contribution in [-0.4, -0.2) is 12.6 Å². The zero-order chi connectivity index (χ0) is 3.98. The molecule has 0 bridgehead atoms. The van der Waals surface area contributed by atoms with Gasteiger partial charge in [0.05, 0.1) is 0 Å². The van der Waals surface area contributed by atoms with Gasteiger partial charge in [0.25, 0.3) is 0 Å². The molecular formula is C5H7N. The first kappa shape index (κ1) is 2.80. The summed E-state index contributed by atoms with van der Waals surface area (Å²) in [7, 11) is 0. The molecule has 0 amide bonds. The molecular weight excluding hydrogens is 74.1 g/mol. The first-order chi connectivity index (χ1) is 2.97. The maximum atomic E-state index is 3.30. The largest absolute Gasteiger partial charge is 0.307 e. The van der Waals surface area contributed by atoms with Gasteiger partial charge in [-0.1, -0.05) is 11.6 Å². The lowest BCUT2D eigenvalue weighted by Gasteiger charge is -1.84. The highest BCUT2D eigenvalue weighted by molar-refractivity contribution is 5.38. The molecule has 0 aromatic carbocycles. The van der Waals surface area contributed by atoms with Gasteiger partial charge in [0.1, 0.15) is 0 Å². The quantitative estimate of drug-likeness (QED) is 0.413. The van der Waals surface area contributed by atoms with Crippen molar-refractivity contribution in [1.82, 2.24) is 5.32 Å². The van der Waals surface area contributed by atoms with E-state index in [0.29, 0.717) is 0 Å². The van der Waals surface area contributed by atoms with Gasteiger partial charge < -0.3 is 5.32 Å². The van der Waals surface area contributed by atoms with E-state index in [1.807, 2.05) is 0 Å². The number of hydrogen-bond donors (Lipinski definition) is 1. The van der Waals surface area contributed by atoms with Gasteiger partial charge >= 0.3 is 0 Å². The molecule has 1 nitrogen and oxygen atoms in total. The fourth-order valence-electron chi connectivity index (χ4n) is 0.967. The van der Waals surface area contributed by atoms with Crippen molar-refractivity contribution in [3.63, 3.8) is 0 Å². The fraction of sp³-hybridized carbons (Fsp3) is 0.600. The Morgan fingerprint density at radius 1 is 1.83 bits per heavy atom. The molecule has 1 aliphatic carbocycles. The van der Waals surface area contributed by atoms with Gasteiger partial charge in [0.15, 0.2) is 0 Å². The number of fused-ring (bicyclic) bond motifs is 1.